The predicted molar refractivity (Wildman–Crippen MR) is 153 cm³/mol. The lowest BCUT2D eigenvalue weighted by Gasteiger charge is -2.18. The molecule has 1 fully saturated rings. The number of pyridine rings is 2. The SMILES string of the molecule is CCOC(=O)c1cc2c(=O)n3cccc(C)c3nc2n(C[C@H]2CCCO2)c1=NC(=O)c1cc(OC)c(OC)c(OC)c1. The number of methoxy groups -OCH3 is 3. The molecule has 0 saturated carbocycles. The summed E-state index contributed by atoms with van der Waals surface area (Å²) in [4.78, 5) is 50.0. The molecule has 1 saturated heterocycles. The van der Waals surface area contributed by atoms with Gasteiger partial charge in [0, 0.05) is 18.4 Å². The largest absolute Gasteiger partial charge is 0.493 e. The van der Waals surface area contributed by atoms with Crippen LogP contribution in [0.25, 0.3) is 16.7 Å². The summed E-state index contributed by atoms with van der Waals surface area (Å²) in [6, 6.07) is 7.95. The molecule has 12 heteroatoms. The topological polar surface area (TPSA) is 132 Å². The number of benzene rings is 1. The molecule has 0 N–H and O–H groups in total. The maximum atomic E-state index is 13.7. The van der Waals surface area contributed by atoms with E-state index in [2.05, 4.69) is 4.99 Å². The number of aromatic nitrogens is 3. The van der Waals surface area contributed by atoms with E-state index in [0.29, 0.717) is 18.0 Å². The molecule has 5 rings (SSSR count). The second-order valence-corrected chi connectivity index (χ2v) is 9.72. The summed E-state index contributed by atoms with van der Waals surface area (Å²) < 4.78 is 30.5. The van der Waals surface area contributed by atoms with Crippen LogP contribution >= 0.6 is 0 Å². The number of rotatable bonds is 8. The zero-order valence-electron chi connectivity index (χ0n) is 24.1. The monoisotopic (exact) mass is 576 g/mol. The van der Waals surface area contributed by atoms with Gasteiger partial charge in [0.2, 0.25) is 5.75 Å². The normalized spacial score (nSPS) is 15.3. The summed E-state index contributed by atoms with van der Waals surface area (Å²) in [5, 5.41) is 0.179. The van der Waals surface area contributed by atoms with Crippen molar-refractivity contribution >= 4 is 28.6 Å². The van der Waals surface area contributed by atoms with Crippen molar-refractivity contribution in [2.45, 2.75) is 39.3 Å². The van der Waals surface area contributed by atoms with E-state index in [9.17, 15) is 14.4 Å². The molecule has 1 atom stereocenters. The van der Waals surface area contributed by atoms with E-state index >= 15 is 0 Å². The maximum absolute atomic E-state index is 13.7. The summed E-state index contributed by atoms with van der Waals surface area (Å²) >= 11 is 0. The van der Waals surface area contributed by atoms with Crippen molar-refractivity contribution in [3.05, 3.63) is 69.1 Å². The minimum atomic E-state index is -0.731. The van der Waals surface area contributed by atoms with Crippen LogP contribution in [0.1, 0.15) is 46.0 Å². The molecule has 4 heterocycles. The predicted octanol–water partition coefficient (Wildman–Crippen LogP) is 3.08. The van der Waals surface area contributed by atoms with E-state index < -0.39 is 11.9 Å². The van der Waals surface area contributed by atoms with Gasteiger partial charge in [-0.2, -0.15) is 4.99 Å². The fourth-order valence-corrected chi connectivity index (χ4v) is 5.10. The highest BCUT2D eigenvalue weighted by Crippen LogP contribution is 2.38. The van der Waals surface area contributed by atoms with Gasteiger partial charge < -0.3 is 28.3 Å². The van der Waals surface area contributed by atoms with Crippen molar-refractivity contribution in [3.63, 3.8) is 0 Å². The van der Waals surface area contributed by atoms with Crippen LogP contribution in [-0.4, -0.2) is 66.5 Å². The lowest BCUT2D eigenvalue weighted by molar-refractivity contribution is 0.0521. The van der Waals surface area contributed by atoms with Crippen molar-refractivity contribution < 1.29 is 33.3 Å². The van der Waals surface area contributed by atoms with Crippen molar-refractivity contribution in [3.8, 4) is 17.2 Å². The van der Waals surface area contributed by atoms with Gasteiger partial charge in [-0.3, -0.25) is 14.0 Å². The smallest absolute Gasteiger partial charge is 0.341 e. The van der Waals surface area contributed by atoms with Gasteiger partial charge in [0.25, 0.3) is 11.5 Å². The molecule has 3 aromatic heterocycles. The average Bonchev–Trinajstić information content (AvgIpc) is 3.51. The molecule has 220 valence electrons. The van der Waals surface area contributed by atoms with Gasteiger partial charge in [-0.1, -0.05) is 6.07 Å². The van der Waals surface area contributed by atoms with Crippen molar-refractivity contribution in [1.82, 2.24) is 14.0 Å². The van der Waals surface area contributed by atoms with Gasteiger partial charge >= 0.3 is 5.97 Å². The molecule has 1 aliphatic rings. The third kappa shape index (κ3) is 5.20. The van der Waals surface area contributed by atoms with Gasteiger partial charge in [-0.05, 0) is 56.5 Å². The molecule has 0 unspecified atom stereocenters. The molecule has 0 bridgehead atoms. The highest BCUT2D eigenvalue weighted by molar-refractivity contribution is 5.98. The minimum absolute atomic E-state index is 0.0000333. The van der Waals surface area contributed by atoms with Crippen LogP contribution in [0.15, 0.2) is 46.3 Å². The fourth-order valence-electron chi connectivity index (χ4n) is 5.10. The Morgan fingerprint density at radius 1 is 1.10 bits per heavy atom. The summed E-state index contributed by atoms with van der Waals surface area (Å²) in [6.45, 7) is 4.39. The Bertz CT molecular complexity index is 1790. The molecular formula is C30H32N4O8. The Morgan fingerprint density at radius 2 is 1.83 bits per heavy atom. The molecular weight excluding hydrogens is 544 g/mol. The molecule has 0 spiro atoms. The number of esters is 1. The van der Waals surface area contributed by atoms with E-state index in [1.54, 1.807) is 23.8 Å². The third-order valence-corrected chi connectivity index (χ3v) is 7.13. The van der Waals surface area contributed by atoms with Crippen molar-refractivity contribution in [2.24, 2.45) is 4.99 Å². The first-order valence-electron chi connectivity index (χ1n) is 13.5. The Labute approximate surface area is 241 Å². The van der Waals surface area contributed by atoms with Crippen LogP contribution in [0.2, 0.25) is 0 Å². The molecule has 1 aromatic carbocycles. The van der Waals surface area contributed by atoms with Crippen LogP contribution in [0.3, 0.4) is 0 Å². The first kappa shape index (κ1) is 28.8. The fraction of sp³-hybridized carbons (Fsp3) is 0.367. The van der Waals surface area contributed by atoms with Gasteiger partial charge in [-0.25, -0.2) is 9.78 Å². The summed E-state index contributed by atoms with van der Waals surface area (Å²) in [6.07, 6.45) is 3.00. The Kier molecular flexibility index (Phi) is 8.25. The number of fused-ring (bicyclic) bond motifs is 2. The molecule has 1 aliphatic heterocycles. The molecule has 12 nitrogen and oxygen atoms in total. The number of carbonyl (C=O) groups excluding carboxylic acids is 2. The zero-order chi connectivity index (χ0) is 30.0. The van der Waals surface area contributed by atoms with Gasteiger partial charge in [0.15, 0.2) is 17.0 Å². The second kappa shape index (κ2) is 12.0. The van der Waals surface area contributed by atoms with Gasteiger partial charge in [0.1, 0.15) is 16.9 Å². The van der Waals surface area contributed by atoms with Crippen LogP contribution in [0, 0.1) is 6.92 Å². The lowest BCUT2D eigenvalue weighted by Crippen LogP contribution is -2.35. The Morgan fingerprint density at radius 3 is 2.45 bits per heavy atom. The van der Waals surface area contributed by atoms with E-state index in [0.717, 1.165) is 18.4 Å². The quantitative estimate of drug-likeness (QED) is 0.229. The van der Waals surface area contributed by atoms with E-state index in [1.807, 2.05) is 13.0 Å². The standard InChI is InChI=1S/C30H32N4O8/c1-6-41-30(37)21-15-20-26(31-25-17(2)9-7-11-33(25)29(20)36)34(16-19-10-8-12-42-19)27(21)32-28(35)18-13-22(38-3)24(40-5)23(14-18)39-4/h7,9,11,13-15,19H,6,8,10,12,16H2,1-5H3/t19-/m1/s1. The molecule has 1 amide bonds. The number of nitrogens with zero attached hydrogens (tertiary/aromatic N) is 4. The van der Waals surface area contributed by atoms with Gasteiger partial charge in [-0.15, -0.1) is 0 Å². The lowest BCUT2D eigenvalue weighted by atomic mass is 10.1. The first-order valence-corrected chi connectivity index (χ1v) is 13.5. The number of aryl methyl sites for hydroxylation is 1. The minimum Gasteiger partial charge on any atom is -0.493 e. The molecule has 42 heavy (non-hydrogen) atoms. The number of hydrogen-bond donors (Lipinski definition) is 0. The Hall–Kier alpha value is -4.71. The highest BCUT2D eigenvalue weighted by Gasteiger charge is 2.25. The van der Waals surface area contributed by atoms with E-state index in [1.165, 1.54) is 43.9 Å². The van der Waals surface area contributed by atoms with Crippen molar-refractivity contribution in [1.29, 1.82) is 0 Å². The van der Waals surface area contributed by atoms with Crippen LogP contribution < -0.4 is 25.3 Å². The maximum Gasteiger partial charge on any atom is 0.341 e. The molecule has 0 radical (unpaired) electrons. The second-order valence-electron chi connectivity index (χ2n) is 9.72. The van der Waals surface area contributed by atoms with Crippen LogP contribution in [0.5, 0.6) is 17.2 Å². The number of carbonyl (C=O) groups is 2. The van der Waals surface area contributed by atoms with Crippen LogP contribution in [-0.2, 0) is 16.0 Å². The molecule has 4 aromatic rings. The summed E-state index contributed by atoms with van der Waals surface area (Å²) in [5.41, 5.74) is 1.21. The first-order chi connectivity index (χ1) is 20.3. The Balaban J connectivity index is 1.85. The summed E-state index contributed by atoms with van der Waals surface area (Å²) in [5.74, 6) is -0.568. The summed E-state index contributed by atoms with van der Waals surface area (Å²) in [7, 11) is 4.34. The van der Waals surface area contributed by atoms with Crippen LogP contribution in [0.4, 0.5) is 0 Å². The average molecular weight is 577 g/mol. The highest BCUT2D eigenvalue weighted by atomic mass is 16.5. The zero-order valence-corrected chi connectivity index (χ0v) is 24.1. The number of hydrogen-bond acceptors (Lipinski definition) is 9. The van der Waals surface area contributed by atoms with Gasteiger partial charge in [0.05, 0.1) is 46.0 Å². The number of ether oxygens (including phenoxy) is 5. The third-order valence-electron chi connectivity index (χ3n) is 7.13. The van der Waals surface area contributed by atoms with E-state index in [4.69, 9.17) is 28.7 Å². The number of amides is 1. The van der Waals surface area contributed by atoms with E-state index in [-0.39, 0.29) is 64.0 Å². The van der Waals surface area contributed by atoms with Crippen molar-refractivity contribution in [2.75, 3.05) is 34.5 Å². The molecule has 0 aliphatic carbocycles.